The number of aliphatic hydroxyl groups is 1. The molecule has 0 aromatic heterocycles. The molecule has 2 aromatic rings. The smallest absolute Gasteiger partial charge is 0.416 e. The zero-order valence-electron chi connectivity index (χ0n) is 17.3. The average molecular weight is 431 g/mol. The highest BCUT2D eigenvalue weighted by molar-refractivity contribution is 6.05. The standard InChI is InChI=1S/C24H24F3NO3/c1-23(2)13-15(18-9-7-16(24(25,26)27)11-21(18)31-23)10-22(30)28-20-5-3-4-14-6-8-17(29)12-19(14)20/h3-5,7,9-11,17,29H,6,8,12-13H2,1-2H3,(H,28,30). The highest BCUT2D eigenvalue weighted by atomic mass is 19.4. The van der Waals surface area contributed by atoms with E-state index in [0.717, 1.165) is 29.7 Å². The molecule has 1 aliphatic carbocycles. The van der Waals surface area contributed by atoms with E-state index < -0.39 is 23.4 Å². The van der Waals surface area contributed by atoms with Crippen LogP contribution < -0.4 is 10.1 Å². The van der Waals surface area contributed by atoms with Crippen LogP contribution in [-0.4, -0.2) is 22.7 Å². The van der Waals surface area contributed by atoms with Gasteiger partial charge in [0.1, 0.15) is 11.4 Å². The van der Waals surface area contributed by atoms with Crippen molar-refractivity contribution in [3.8, 4) is 5.75 Å². The van der Waals surface area contributed by atoms with E-state index >= 15 is 0 Å². The minimum atomic E-state index is -4.47. The number of ether oxygens (including phenoxy) is 1. The predicted molar refractivity (Wildman–Crippen MR) is 112 cm³/mol. The molecule has 2 aromatic carbocycles. The molecule has 1 atom stereocenters. The molecular weight excluding hydrogens is 407 g/mol. The zero-order chi connectivity index (χ0) is 22.4. The van der Waals surface area contributed by atoms with Crippen molar-refractivity contribution in [3.63, 3.8) is 0 Å². The third-order valence-corrected chi connectivity index (χ3v) is 5.68. The average Bonchev–Trinajstić information content (AvgIpc) is 2.66. The number of hydrogen-bond donors (Lipinski definition) is 2. The number of benzene rings is 2. The van der Waals surface area contributed by atoms with Crippen LogP contribution in [0.2, 0.25) is 0 Å². The van der Waals surface area contributed by atoms with Crippen LogP contribution in [0.25, 0.3) is 5.57 Å². The van der Waals surface area contributed by atoms with Gasteiger partial charge in [-0.25, -0.2) is 0 Å². The van der Waals surface area contributed by atoms with E-state index in [1.807, 2.05) is 12.1 Å². The number of aryl methyl sites for hydroxylation is 1. The van der Waals surface area contributed by atoms with Crippen LogP contribution in [0.5, 0.6) is 5.75 Å². The molecule has 1 amide bonds. The Kier molecular flexibility index (Phi) is 5.33. The molecule has 1 aliphatic heterocycles. The lowest BCUT2D eigenvalue weighted by molar-refractivity contribution is -0.137. The Balaban J connectivity index is 1.64. The molecule has 1 heterocycles. The van der Waals surface area contributed by atoms with Crippen molar-refractivity contribution in [2.75, 3.05) is 5.32 Å². The predicted octanol–water partition coefficient (Wildman–Crippen LogP) is 5.14. The molecule has 0 saturated carbocycles. The monoisotopic (exact) mass is 431 g/mol. The van der Waals surface area contributed by atoms with Gasteiger partial charge < -0.3 is 15.2 Å². The van der Waals surface area contributed by atoms with E-state index in [4.69, 9.17) is 4.74 Å². The Morgan fingerprint density at radius 1 is 1.26 bits per heavy atom. The second kappa shape index (κ2) is 7.71. The third kappa shape index (κ3) is 4.61. The highest BCUT2D eigenvalue weighted by Gasteiger charge is 2.35. The van der Waals surface area contributed by atoms with E-state index in [9.17, 15) is 23.1 Å². The number of anilines is 1. The first kappa shape index (κ1) is 21.4. The summed E-state index contributed by atoms with van der Waals surface area (Å²) in [5, 5.41) is 12.9. The molecule has 0 fully saturated rings. The fraction of sp³-hybridized carbons (Fsp3) is 0.375. The summed E-state index contributed by atoms with van der Waals surface area (Å²) in [5.74, 6) is -0.252. The number of fused-ring (bicyclic) bond motifs is 2. The minimum absolute atomic E-state index is 0.116. The van der Waals surface area contributed by atoms with Gasteiger partial charge in [0, 0.05) is 30.2 Å². The lowest BCUT2D eigenvalue weighted by atomic mass is 9.88. The fourth-order valence-corrected chi connectivity index (χ4v) is 4.28. The van der Waals surface area contributed by atoms with Crippen molar-refractivity contribution in [1.82, 2.24) is 0 Å². The van der Waals surface area contributed by atoms with E-state index in [0.29, 0.717) is 36.1 Å². The van der Waals surface area contributed by atoms with Crippen LogP contribution in [0, 0.1) is 0 Å². The van der Waals surface area contributed by atoms with E-state index in [1.54, 1.807) is 19.9 Å². The fourth-order valence-electron chi connectivity index (χ4n) is 4.28. The van der Waals surface area contributed by atoms with E-state index in [2.05, 4.69) is 5.32 Å². The van der Waals surface area contributed by atoms with Gasteiger partial charge in [-0.05, 0) is 61.6 Å². The largest absolute Gasteiger partial charge is 0.487 e. The number of halogens is 3. The number of carbonyl (C=O) groups is 1. The normalized spacial score (nSPS) is 21.1. The number of rotatable bonds is 2. The van der Waals surface area contributed by atoms with E-state index in [1.165, 1.54) is 12.1 Å². The number of amides is 1. The summed E-state index contributed by atoms with van der Waals surface area (Å²) >= 11 is 0. The Hall–Kier alpha value is -2.80. The van der Waals surface area contributed by atoms with Crippen molar-refractivity contribution < 1.29 is 27.8 Å². The van der Waals surface area contributed by atoms with Crippen molar-refractivity contribution in [1.29, 1.82) is 0 Å². The summed E-state index contributed by atoms with van der Waals surface area (Å²) in [4.78, 5) is 12.8. The van der Waals surface area contributed by atoms with Crippen LogP contribution >= 0.6 is 0 Å². The Morgan fingerprint density at radius 3 is 2.77 bits per heavy atom. The maximum atomic E-state index is 13.1. The molecule has 2 aliphatic rings. The number of hydrogen-bond acceptors (Lipinski definition) is 3. The van der Waals surface area contributed by atoms with Crippen molar-refractivity contribution in [2.24, 2.45) is 0 Å². The number of nitrogens with one attached hydrogen (secondary N) is 1. The molecule has 0 spiro atoms. The molecule has 2 N–H and O–H groups in total. The molecule has 4 nitrogen and oxygen atoms in total. The highest BCUT2D eigenvalue weighted by Crippen LogP contribution is 2.43. The second-order valence-electron chi connectivity index (χ2n) is 8.75. The number of alkyl halides is 3. The molecular formula is C24H24F3NO3. The molecule has 1 unspecified atom stereocenters. The van der Waals surface area contributed by atoms with Crippen LogP contribution in [0.15, 0.2) is 42.5 Å². The molecule has 4 rings (SSSR count). The van der Waals surface area contributed by atoms with Gasteiger partial charge in [0.2, 0.25) is 5.91 Å². The first-order valence-corrected chi connectivity index (χ1v) is 10.2. The lowest BCUT2D eigenvalue weighted by Crippen LogP contribution is -2.32. The van der Waals surface area contributed by atoms with Gasteiger partial charge in [-0.3, -0.25) is 4.79 Å². The quantitative estimate of drug-likeness (QED) is 0.648. The minimum Gasteiger partial charge on any atom is -0.487 e. The topological polar surface area (TPSA) is 58.6 Å². The molecule has 0 radical (unpaired) electrons. The summed E-state index contributed by atoms with van der Waals surface area (Å²) in [6, 6.07) is 8.99. The second-order valence-corrected chi connectivity index (χ2v) is 8.75. The van der Waals surface area contributed by atoms with Crippen molar-refractivity contribution >= 4 is 17.2 Å². The SMILES string of the molecule is CC1(C)CC(=CC(=O)Nc2cccc3c2CC(O)CC3)c2ccc(C(F)(F)F)cc2O1. The molecule has 31 heavy (non-hydrogen) atoms. The first-order valence-electron chi connectivity index (χ1n) is 10.2. The van der Waals surface area contributed by atoms with Gasteiger partial charge in [-0.1, -0.05) is 18.2 Å². The van der Waals surface area contributed by atoms with Gasteiger partial charge >= 0.3 is 6.18 Å². The molecule has 164 valence electrons. The first-order chi connectivity index (χ1) is 14.5. The molecule has 0 saturated heterocycles. The van der Waals surface area contributed by atoms with Gasteiger partial charge in [0.25, 0.3) is 0 Å². The van der Waals surface area contributed by atoms with Gasteiger partial charge in [0.05, 0.1) is 11.7 Å². The van der Waals surface area contributed by atoms with Crippen molar-refractivity contribution in [2.45, 2.75) is 57.4 Å². The Morgan fingerprint density at radius 2 is 2.03 bits per heavy atom. The van der Waals surface area contributed by atoms with Gasteiger partial charge in [0.15, 0.2) is 0 Å². The summed E-state index contributed by atoms with van der Waals surface area (Å²) in [7, 11) is 0. The van der Waals surface area contributed by atoms with E-state index in [-0.39, 0.29) is 11.7 Å². The maximum absolute atomic E-state index is 13.1. The van der Waals surface area contributed by atoms with Crippen LogP contribution in [0.1, 0.15) is 48.9 Å². The summed E-state index contributed by atoms with van der Waals surface area (Å²) in [6.07, 6.45) is -1.18. The Labute approximate surface area is 178 Å². The van der Waals surface area contributed by atoms with Crippen LogP contribution in [0.3, 0.4) is 0 Å². The van der Waals surface area contributed by atoms with Crippen molar-refractivity contribution in [3.05, 3.63) is 64.7 Å². The molecule has 7 heteroatoms. The number of aliphatic hydroxyl groups excluding tert-OH is 1. The third-order valence-electron chi connectivity index (χ3n) is 5.68. The van der Waals surface area contributed by atoms with Crippen LogP contribution in [0.4, 0.5) is 18.9 Å². The molecule has 0 bridgehead atoms. The summed E-state index contributed by atoms with van der Waals surface area (Å²) in [5.41, 5.74) is 2.23. The lowest BCUT2D eigenvalue weighted by Gasteiger charge is -2.34. The summed E-state index contributed by atoms with van der Waals surface area (Å²) in [6.45, 7) is 3.55. The zero-order valence-corrected chi connectivity index (χ0v) is 17.3. The van der Waals surface area contributed by atoms with Gasteiger partial charge in [-0.2, -0.15) is 13.2 Å². The Bertz CT molecular complexity index is 1060. The summed E-state index contributed by atoms with van der Waals surface area (Å²) < 4.78 is 45.1. The van der Waals surface area contributed by atoms with Gasteiger partial charge in [-0.15, -0.1) is 0 Å². The number of carbonyl (C=O) groups excluding carboxylic acids is 1. The van der Waals surface area contributed by atoms with Crippen LogP contribution in [-0.2, 0) is 23.8 Å². The maximum Gasteiger partial charge on any atom is 0.416 e.